The Balaban J connectivity index is 2.04. The number of carbonyl (C=O) groups is 2. The Morgan fingerprint density at radius 3 is 2.68 bits per heavy atom. The summed E-state index contributed by atoms with van der Waals surface area (Å²) in [6.07, 6.45) is 0.549. The Hall–Kier alpha value is -1.35. The highest BCUT2D eigenvalue weighted by molar-refractivity contribution is 6.34. The van der Waals surface area contributed by atoms with E-state index in [2.05, 4.69) is 13.8 Å². The third kappa shape index (κ3) is 3.16. The van der Waals surface area contributed by atoms with Crippen LogP contribution in [0.2, 0.25) is 5.02 Å². The van der Waals surface area contributed by atoms with E-state index in [9.17, 15) is 9.59 Å². The van der Waals surface area contributed by atoms with Crippen LogP contribution in [-0.2, 0) is 4.79 Å². The molecule has 0 radical (unpaired) electrons. The molecule has 1 atom stereocenters. The summed E-state index contributed by atoms with van der Waals surface area (Å²) in [4.78, 5) is 25.7. The molecule has 1 unspecified atom stereocenters. The van der Waals surface area contributed by atoms with Gasteiger partial charge in [-0.05, 0) is 24.0 Å². The molecular formula is C15H18ClNO2. The molecule has 0 bridgehead atoms. The van der Waals surface area contributed by atoms with E-state index in [0.717, 1.165) is 0 Å². The fourth-order valence-corrected chi connectivity index (χ4v) is 2.59. The molecule has 1 aromatic carbocycles. The van der Waals surface area contributed by atoms with Crippen molar-refractivity contribution in [2.24, 2.45) is 11.8 Å². The van der Waals surface area contributed by atoms with Gasteiger partial charge in [-0.25, -0.2) is 0 Å². The van der Waals surface area contributed by atoms with Crippen molar-refractivity contribution < 1.29 is 9.59 Å². The van der Waals surface area contributed by atoms with Gasteiger partial charge >= 0.3 is 0 Å². The lowest BCUT2D eigenvalue weighted by atomic mass is 9.95. The van der Waals surface area contributed by atoms with Crippen LogP contribution in [0.1, 0.15) is 30.6 Å². The van der Waals surface area contributed by atoms with Gasteiger partial charge in [-0.3, -0.25) is 9.59 Å². The standard InChI is InChI=1S/C15H18ClNO2/c1-10(2)11-7-15(19)17(8-11)9-14(18)12-5-3-4-6-13(12)16/h3-6,10-11H,7-9H2,1-2H3. The number of hydrogen-bond donors (Lipinski definition) is 0. The van der Waals surface area contributed by atoms with Crippen LogP contribution in [0.4, 0.5) is 0 Å². The van der Waals surface area contributed by atoms with E-state index >= 15 is 0 Å². The number of rotatable bonds is 4. The topological polar surface area (TPSA) is 37.4 Å². The second kappa shape index (κ2) is 5.74. The number of nitrogens with zero attached hydrogens (tertiary/aromatic N) is 1. The summed E-state index contributed by atoms with van der Waals surface area (Å²) in [6.45, 7) is 5.02. The highest BCUT2D eigenvalue weighted by atomic mass is 35.5. The van der Waals surface area contributed by atoms with Gasteiger partial charge in [0.2, 0.25) is 5.91 Å². The number of likely N-dealkylation sites (tertiary alicyclic amines) is 1. The molecule has 0 aliphatic carbocycles. The van der Waals surface area contributed by atoms with Gasteiger partial charge in [-0.2, -0.15) is 0 Å². The maximum Gasteiger partial charge on any atom is 0.223 e. The molecule has 1 fully saturated rings. The number of hydrogen-bond acceptors (Lipinski definition) is 2. The van der Waals surface area contributed by atoms with E-state index in [0.29, 0.717) is 35.4 Å². The number of amides is 1. The van der Waals surface area contributed by atoms with Crippen molar-refractivity contribution in [3.8, 4) is 0 Å². The SMILES string of the molecule is CC(C)C1CC(=O)N(CC(=O)c2ccccc2Cl)C1. The van der Waals surface area contributed by atoms with Crippen molar-refractivity contribution in [3.63, 3.8) is 0 Å². The van der Waals surface area contributed by atoms with E-state index in [4.69, 9.17) is 11.6 Å². The van der Waals surface area contributed by atoms with Crippen molar-refractivity contribution in [1.29, 1.82) is 0 Å². The smallest absolute Gasteiger partial charge is 0.223 e. The quantitative estimate of drug-likeness (QED) is 0.795. The van der Waals surface area contributed by atoms with E-state index in [1.165, 1.54) is 0 Å². The van der Waals surface area contributed by atoms with Crippen molar-refractivity contribution in [3.05, 3.63) is 34.9 Å². The zero-order valence-electron chi connectivity index (χ0n) is 11.2. The van der Waals surface area contributed by atoms with Crippen molar-refractivity contribution >= 4 is 23.3 Å². The van der Waals surface area contributed by atoms with Crippen molar-refractivity contribution in [2.45, 2.75) is 20.3 Å². The summed E-state index contributed by atoms with van der Waals surface area (Å²) < 4.78 is 0. The minimum Gasteiger partial charge on any atom is -0.335 e. The molecule has 102 valence electrons. The maximum atomic E-state index is 12.2. The molecule has 2 rings (SSSR count). The van der Waals surface area contributed by atoms with Gasteiger partial charge in [0, 0.05) is 18.5 Å². The normalized spacial score (nSPS) is 19.3. The summed E-state index contributed by atoms with van der Waals surface area (Å²) in [5.41, 5.74) is 0.491. The van der Waals surface area contributed by atoms with Crippen LogP contribution in [0.15, 0.2) is 24.3 Å². The second-order valence-electron chi connectivity index (χ2n) is 5.39. The third-order valence-corrected chi connectivity index (χ3v) is 4.03. The lowest BCUT2D eigenvalue weighted by Crippen LogP contribution is -2.31. The van der Waals surface area contributed by atoms with Crippen LogP contribution in [0.5, 0.6) is 0 Å². The van der Waals surface area contributed by atoms with Crippen LogP contribution in [0.3, 0.4) is 0 Å². The molecule has 1 aliphatic heterocycles. The first kappa shape index (κ1) is 14.1. The molecule has 1 saturated heterocycles. The zero-order chi connectivity index (χ0) is 14.0. The van der Waals surface area contributed by atoms with E-state index in [1.54, 1.807) is 29.2 Å². The fourth-order valence-electron chi connectivity index (χ4n) is 2.35. The monoisotopic (exact) mass is 279 g/mol. The Morgan fingerprint density at radius 2 is 2.11 bits per heavy atom. The number of carbonyl (C=O) groups excluding carboxylic acids is 2. The van der Waals surface area contributed by atoms with Crippen molar-refractivity contribution in [2.75, 3.05) is 13.1 Å². The Labute approximate surface area is 118 Å². The minimum absolute atomic E-state index is 0.0686. The second-order valence-corrected chi connectivity index (χ2v) is 5.79. The van der Waals surface area contributed by atoms with Crippen LogP contribution in [-0.4, -0.2) is 29.7 Å². The highest BCUT2D eigenvalue weighted by Gasteiger charge is 2.32. The Morgan fingerprint density at radius 1 is 1.42 bits per heavy atom. The molecule has 0 N–H and O–H groups in total. The van der Waals surface area contributed by atoms with Crippen molar-refractivity contribution in [1.82, 2.24) is 4.90 Å². The van der Waals surface area contributed by atoms with Crippen LogP contribution in [0.25, 0.3) is 0 Å². The van der Waals surface area contributed by atoms with Crippen LogP contribution < -0.4 is 0 Å². The molecule has 4 heteroatoms. The first-order chi connectivity index (χ1) is 8.99. The lowest BCUT2D eigenvalue weighted by molar-refractivity contribution is -0.127. The molecule has 1 heterocycles. The minimum atomic E-state index is -0.0941. The lowest BCUT2D eigenvalue weighted by Gasteiger charge is -2.17. The molecule has 1 aromatic rings. The molecule has 0 saturated carbocycles. The predicted octanol–water partition coefficient (Wildman–Crippen LogP) is 3.03. The molecule has 19 heavy (non-hydrogen) atoms. The maximum absolute atomic E-state index is 12.2. The largest absolute Gasteiger partial charge is 0.335 e. The first-order valence-electron chi connectivity index (χ1n) is 6.54. The first-order valence-corrected chi connectivity index (χ1v) is 6.92. The fraction of sp³-hybridized carbons (Fsp3) is 0.467. The van der Waals surface area contributed by atoms with Gasteiger partial charge in [0.1, 0.15) is 0 Å². The summed E-state index contributed by atoms with van der Waals surface area (Å²) in [5, 5.41) is 0.444. The van der Waals surface area contributed by atoms with Gasteiger partial charge in [-0.1, -0.05) is 37.6 Å². The van der Waals surface area contributed by atoms with E-state index < -0.39 is 0 Å². The summed E-state index contributed by atoms with van der Waals surface area (Å²) >= 11 is 6.00. The van der Waals surface area contributed by atoms with Crippen LogP contribution >= 0.6 is 11.6 Å². The number of ketones is 1. The Bertz CT molecular complexity index is 499. The summed E-state index contributed by atoms with van der Waals surface area (Å²) in [6, 6.07) is 6.96. The third-order valence-electron chi connectivity index (χ3n) is 3.70. The zero-order valence-corrected chi connectivity index (χ0v) is 12.0. The van der Waals surface area contributed by atoms with Gasteiger partial charge in [0.15, 0.2) is 5.78 Å². The molecule has 1 amide bonds. The van der Waals surface area contributed by atoms with Gasteiger partial charge in [0.25, 0.3) is 0 Å². The predicted molar refractivity (Wildman–Crippen MR) is 75.3 cm³/mol. The molecule has 0 spiro atoms. The summed E-state index contributed by atoms with van der Waals surface area (Å²) in [5.74, 6) is 0.790. The average Bonchev–Trinajstić information content (AvgIpc) is 2.71. The number of Topliss-reactive ketones (excluding diaryl/α,β-unsaturated/α-hetero) is 1. The molecule has 3 nitrogen and oxygen atoms in total. The Kier molecular flexibility index (Phi) is 4.25. The van der Waals surface area contributed by atoms with E-state index in [1.807, 2.05) is 0 Å². The van der Waals surface area contributed by atoms with Gasteiger partial charge in [-0.15, -0.1) is 0 Å². The average molecular weight is 280 g/mol. The highest BCUT2D eigenvalue weighted by Crippen LogP contribution is 2.25. The number of halogens is 1. The van der Waals surface area contributed by atoms with Gasteiger partial charge in [0.05, 0.1) is 11.6 Å². The summed E-state index contributed by atoms with van der Waals surface area (Å²) in [7, 11) is 0. The van der Waals surface area contributed by atoms with E-state index in [-0.39, 0.29) is 18.2 Å². The molecule has 1 aliphatic rings. The molecule has 0 aromatic heterocycles. The number of benzene rings is 1. The molecular weight excluding hydrogens is 262 g/mol. The van der Waals surface area contributed by atoms with Crippen LogP contribution in [0, 0.1) is 11.8 Å². The van der Waals surface area contributed by atoms with Gasteiger partial charge < -0.3 is 4.90 Å².